The molecule has 1 amide bonds. The van der Waals surface area contributed by atoms with Crippen LogP contribution in [-0.4, -0.2) is 26.7 Å². The molecule has 1 aromatic rings. The highest BCUT2D eigenvalue weighted by molar-refractivity contribution is 5.93. The van der Waals surface area contributed by atoms with Crippen LogP contribution < -0.4 is 11.0 Å². The van der Waals surface area contributed by atoms with Crippen molar-refractivity contribution in [2.45, 2.75) is 51.0 Å². The van der Waals surface area contributed by atoms with Crippen LogP contribution in [0.5, 0.6) is 0 Å². The van der Waals surface area contributed by atoms with Crippen molar-refractivity contribution in [3.05, 3.63) is 16.3 Å². The topological polar surface area (TPSA) is 79.8 Å². The monoisotopic (exact) mass is 302 g/mol. The predicted molar refractivity (Wildman–Crippen MR) is 81.9 cm³/mol. The van der Waals surface area contributed by atoms with E-state index >= 15 is 0 Å². The molecule has 0 spiro atoms. The molecule has 2 fully saturated rings. The van der Waals surface area contributed by atoms with Gasteiger partial charge in [0.05, 0.1) is 0 Å². The Balaban J connectivity index is 1.63. The molecule has 2 N–H and O–H groups in total. The zero-order valence-electron chi connectivity index (χ0n) is 12.9. The minimum absolute atomic E-state index is 0.126. The lowest BCUT2D eigenvalue weighted by molar-refractivity contribution is -0.116. The van der Waals surface area contributed by atoms with E-state index in [1.807, 2.05) is 0 Å². The summed E-state index contributed by atoms with van der Waals surface area (Å²) >= 11 is 0. The van der Waals surface area contributed by atoms with E-state index in [9.17, 15) is 9.59 Å². The van der Waals surface area contributed by atoms with Gasteiger partial charge in [0.1, 0.15) is 5.82 Å². The van der Waals surface area contributed by atoms with Crippen LogP contribution in [0.3, 0.4) is 0 Å². The summed E-state index contributed by atoms with van der Waals surface area (Å²) in [7, 11) is 1.72. The maximum absolute atomic E-state index is 12.0. The normalized spacial score (nSPS) is 24.4. The summed E-state index contributed by atoms with van der Waals surface area (Å²) in [5.41, 5.74) is -0.193. The number of hydrogen-bond donors (Lipinski definition) is 2. The van der Waals surface area contributed by atoms with Crippen molar-refractivity contribution in [2.24, 2.45) is 18.9 Å². The third-order valence-electron chi connectivity index (χ3n) is 4.61. The summed E-state index contributed by atoms with van der Waals surface area (Å²) in [6, 6.07) is 0.126. The van der Waals surface area contributed by atoms with Crippen molar-refractivity contribution in [2.75, 3.05) is 0 Å². The highest BCUT2D eigenvalue weighted by Gasteiger charge is 2.28. The minimum Gasteiger partial charge on any atom is -0.342 e. The smallest absolute Gasteiger partial charge is 0.342 e. The molecule has 2 aliphatic rings. The first-order valence-corrected chi connectivity index (χ1v) is 8.06. The summed E-state index contributed by atoms with van der Waals surface area (Å²) in [6.07, 6.45) is 7.25. The Bertz CT molecular complexity index is 660. The van der Waals surface area contributed by atoms with Crippen LogP contribution in [0.15, 0.2) is 4.79 Å². The summed E-state index contributed by atoms with van der Waals surface area (Å²) in [5.74, 6) is 7.05. The SMILES string of the molecule is Cn1c(C[C@H]2CCCC[C@H]2NC(=O)C#CC2CC2)n[nH]c1=O. The van der Waals surface area contributed by atoms with Gasteiger partial charge in [-0.05, 0) is 37.5 Å². The van der Waals surface area contributed by atoms with E-state index in [0.29, 0.717) is 18.3 Å². The lowest BCUT2D eigenvalue weighted by Crippen LogP contribution is -2.42. The molecule has 0 radical (unpaired) electrons. The Morgan fingerprint density at radius 2 is 2.14 bits per heavy atom. The number of rotatable bonds is 3. The van der Waals surface area contributed by atoms with Gasteiger partial charge >= 0.3 is 5.69 Å². The van der Waals surface area contributed by atoms with E-state index in [0.717, 1.165) is 44.3 Å². The third-order valence-corrected chi connectivity index (χ3v) is 4.61. The Morgan fingerprint density at radius 3 is 2.82 bits per heavy atom. The molecule has 22 heavy (non-hydrogen) atoms. The zero-order valence-corrected chi connectivity index (χ0v) is 12.9. The van der Waals surface area contributed by atoms with Gasteiger partial charge in [0.25, 0.3) is 5.91 Å². The maximum Gasteiger partial charge on any atom is 0.343 e. The molecule has 118 valence electrons. The highest BCUT2D eigenvalue weighted by Crippen LogP contribution is 2.28. The number of aromatic amines is 1. The van der Waals surface area contributed by atoms with E-state index in [4.69, 9.17) is 0 Å². The number of amides is 1. The Labute approximate surface area is 129 Å². The molecule has 6 nitrogen and oxygen atoms in total. The first kappa shape index (κ1) is 14.9. The maximum atomic E-state index is 12.0. The number of carbonyl (C=O) groups excluding carboxylic acids is 1. The van der Waals surface area contributed by atoms with Gasteiger partial charge in [-0.1, -0.05) is 18.8 Å². The van der Waals surface area contributed by atoms with Crippen LogP contribution >= 0.6 is 0 Å². The molecule has 2 saturated carbocycles. The molecule has 0 saturated heterocycles. The lowest BCUT2D eigenvalue weighted by atomic mass is 9.82. The fourth-order valence-corrected chi connectivity index (χ4v) is 3.04. The van der Waals surface area contributed by atoms with Crippen molar-refractivity contribution in [1.82, 2.24) is 20.1 Å². The van der Waals surface area contributed by atoms with Gasteiger partial charge in [-0.15, -0.1) is 0 Å². The van der Waals surface area contributed by atoms with Crippen LogP contribution in [-0.2, 0) is 18.3 Å². The van der Waals surface area contributed by atoms with Crippen molar-refractivity contribution in [1.29, 1.82) is 0 Å². The molecule has 2 aliphatic carbocycles. The van der Waals surface area contributed by atoms with E-state index < -0.39 is 0 Å². The van der Waals surface area contributed by atoms with E-state index in [1.54, 1.807) is 11.6 Å². The average molecular weight is 302 g/mol. The second kappa shape index (κ2) is 6.39. The van der Waals surface area contributed by atoms with Crippen LogP contribution in [0.25, 0.3) is 0 Å². The van der Waals surface area contributed by atoms with Crippen LogP contribution in [0.1, 0.15) is 44.3 Å². The molecule has 0 unspecified atom stereocenters. The van der Waals surface area contributed by atoms with E-state index in [1.165, 1.54) is 0 Å². The second-order valence-electron chi connectivity index (χ2n) is 6.38. The van der Waals surface area contributed by atoms with E-state index in [-0.39, 0.29) is 17.6 Å². The minimum atomic E-state index is -0.193. The Kier molecular flexibility index (Phi) is 4.32. The average Bonchev–Trinajstić information content (AvgIpc) is 3.29. The van der Waals surface area contributed by atoms with Crippen LogP contribution in [0, 0.1) is 23.7 Å². The van der Waals surface area contributed by atoms with Gasteiger partial charge in [0.2, 0.25) is 0 Å². The zero-order chi connectivity index (χ0) is 15.5. The van der Waals surface area contributed by atoms with Gasteiger partial charge in [0, 0.05) is 25.4 Å². The molecule has 0 aliphatic heterocycles. The molecule has 0 aromatic carbocycles. The van der Waals surface area contributed by atoms with Crippen molar-refractivity contribution in [3.8, 4) is 11.8 Å². The summed E-state index contributed by atoms with van der Waals surface area (Å²) in [6.45, 7) is 0. The molecular formula is C16H22N4O2. The van der Waals surface area contributed by atoms with Gasteiger partial charge in [-0.25, -0.2) is 9.89 Å². The van der Waals surface area contributed by atoms with Gasteiger partial charge in [0.15, 0.2) is 0 Å². The second-order valence-corrected chi connectivity index (χ2v) is 6.38. The number of hydrogen-bond acceptors (Lipinski definition) is 3. The van der Waals surface area contributed by atoms with Gasteiger partial charge in [-0.2, -0.15) is 5.10 Å². The number of nitrogens with zero attached hydrogens (tertiary/aromatic N) is 2. The standard InChI is InChI=1S/C16H22N4O2/c1-20-14(18-19-16(20)22)10-12-4-2-3-5-13(12)17-15(21)9-8-11-6-7-11/h11-13H,2-7,10H2,1H3,(H,17,21)(H,19,22)/t12-,13-/m1/s1. The molecule has 2 atom stereocenters. The van der Waals surface area contributed by atoms with Crippen molar-refractivity contribution in [3.63, 3.8) is 0 Å². The quantitative estimate of drug-likeness (QED) is 0.808. The van der Waals surface area contributed by atoms with Gasteiger partial charge in [-0.3, -0.25) is 9.36 Å². The number of aromatic nitrogens is 3. The molecular weight excluding hydrogens is 280 g/mol. The number of H-pyrrole nitrogens is 1. The van der Waals surface area contributed by atoms with E-state index in [2.05, 4.69) is 27.4 Å². The fourth-order valence-electron chi connectivity index (χ4n) is 3.04. The third kappa shape index (κ3) is 3.59. The van der Waals surface area contributed by atoms with Gasteiger partial charge < -0.3 is 5.32 Å². The largest absolute Gasteiger partial charge is 0.343 e. The summed E-state index contributed by atoms with van der Waals surface area (Å²) in [5, 5.41) is 9.61. The number of nitrogens with one attached hydrogen (secondary N) is 2. The molecule has 3 rings (SSSR count). The van der Waals surface area contributed by atoms with Crippen LogP contribution in [0.2, 0.25) is 0 Å². The number of carbonyl (C=O) groups is 1. The molecule has 0 bridgehead atoms. The molecule has 1 aromatic heterocycles. The van der Waals surface area contributed by atoms with Crippen LogP contribution in [0.4, 0.5) is 0 Å². The fraction of sp³-hybridized carbons (Fsp3) is 0.688. The lowest BCUT2D eigenvalue weighted by Gasteiger charge is -2.31. The summed E-state index contributed by atoms with van der Waals surface area (Å²) < 4.78 is 1.54. The molecule has 1 heterocycles. The van der Waals surface area contributed by atoms with Crippen molar-refractivity contribution < 1.29 is 4.79 Å². The van der Waals surface area contributed by atoms with Crippen molar-refractivity contribution >= 4 is 5.91 Å². The first-order valence-electron chi connectivity index (χ1n) is 8.06. The highest BCUT2D eigenvalue weighted by atomic mass is 16.2. The summed E-state index contributed by atoms with van der Waals surface area (Å²) in [4.78, 5) is 23.4. The Hall–Kier alpha value is -2.03. The molecule has 6 heteroatoms. The Morgan fingerprint density at radius 1 is 1.36 bits per heavy atom. The first-order chi connectivity index (χ1) is 10.6. The predicted octanol–water partition coefficient (Wildman–Crippen LogP) is 0.739.